The van der Waals surface area contributed by atoms with E-state index in [1.54, 1.807) is 45.2 Å². The average molecular weight is 538 g/mol. The first-order valence-corrected chi connectivity index (χ1v) is 11.7. The summed E-state index contributed by atoms with van der Waals surface area (Å²) >= 11 is 9.54. The topological polar surface area (TPSA) is 76.1 Å². The maximum atomic E-state index is 13.7. The van der Waals surface area contributed by atoms with Gasteiger partial charge in [0.15, 0.2) is 0 Å². The number of halogens is 2. The van der Waals surface area contributed by atoms with Crippen molar-refractivity contribution in [3.05, 3.63) is 57.5 Å². The van der Waals surface area contributed by atoms with Crippen LogP contribution in [0.4, 0.5) is 10.5 Å². The maximum absolute atomic E-state index is 13.7. The molecule has 1 aliphatic rings. The Morgan fingerprint density at radius 2 is 1.94 bits per heavy atom. The Kier molecular flexibility index (Phi) is 7.69. The predicted molar refractivity (Wildman–Crippen MR) is 130 cm³/mol. The maximum Gasteiger partial charge on any atom is 0.332 e. The van der Waals surface area contributed by atoms with Crippen molar-refractivity contribution in [1.29, 1.82) is 0 Å². The number of carbonyl (C=O) groups excluding carboxylic acids is 3. The average Bonchev–Trinajstić information content (AvgIpc) is 2.95. The zero-order valence-electron chi connectivity index (χ0n) is 18.9. The molecule has 1 fully saturated rings. The van der Waals surface area contributed by atoms with E-state index in [0.717, 1.165) is 14.9 Å². The standard InChI is InChI=1S/C24H26BrClN2O5/c1-5-33-21(29)19(11-9-15-13-16(25)10-12-20(15)32-4)24(2)22(30)28(23(31)27(24)3)18-8-6-7-17(26)14-18/h6-8,10,12-14,19H,5,9,11H2,1-4H3/t19?,24-/m0/s1. The number of anilines is 1. The molecule has 0 N–H and O–H groups in total. The molecule has 3 amide bonds. The molecule has 176 valence electrons. The number of carbonyl (C=O) groups is 3. The van der Waals surface area contributed by atoms with E-state index >= 15 is 0 Å². The van der Waals surface area contributed by atoms with E-state index in [2.05, 4.69) is 15.9 Å². The summed E-state index contributed by atoms with van der Waals surface area (Å²) in [5.41, 5.74) is -0.217. The van der Waals surface area contributed by atoms with Crippen LogP contribution in [0.2, 0.25) is 5.02 Å². The number of likely N-dealkylation sites (N-methyl/N-ethyl adjacent to an activating group) is 1. The second-order valence-corrected chi connectivity index (χ2v) is 9.26. The normalized spacial score (nSPS) is 19.1. The Balaban J connectivity index is 1.99. The summed E-state index contributed by atoms with van der Waals surface area (Å²) < 4.78 is 11.6. The van der Waals surface area contributed by atoms with Crippen molar-refractivity contribution in [2.45, 2.75) is 32.2 Å². The number of rotatable bonds is 8. The summed E-state index contributed by atoms with van der Waals surface area (Å²) in [5.74, 6) is -1.26. The summed E-state index contributed by atoms with van der Waals surface area (Å²) in [6.45, 7) is 3.48. The lowest BCUT2D eigenvalue weighted by Crippen LogP contribution is -2.54. The Labute approximate surface area is 206 Å². The van der Waals surface area contributed by atoms with E-state index in [9.17, 15) is 14.4 Å². The van der Waals surface area contributed by atoms with E-state index in [0.29, 0.717) is 22.9 Å². The number of ether oxygens (including phenoxy) is 2. The van der Waals surface area contributed by atoms with Crippen LogP contribution in [-0.2, 0) is 20.7 Å². The molecule has 2 aromatic rings. The Hall–Kier alpha value is -2.58. The molecule has 0 spiro atoms. The van der Waals surface area contributed by atoms with Crippen LogP contribution in [0.25, 0.3) is 0 Å². The van der Waals surface area contributed by atoms with Gasteiger partial charge < -0.3 is 14.4 Å². The lowest BCUT2D eigenvalue weighted by atomic mass is 9.80. The molecule has 2 aromatic carbocycles. The molecule has 1 unspecified atom stereocenters. The molecule has 3 rings (SSSR count). The van der Waals surface area contributed by atoms with Crippen LogP contribution in [0.5, 0.6) is 5.75 Å². The Morgan fingerprint density at radius 3 is 2.58 bits per heavy atom. The lowest BCUT2D eigenvalue weighted by Gasteiger charge is -2.35. The number of benzene rings is 2. The van der Waals surface area contributed by atoms with E-state index < -0.39 is 29.4 Å². The highest BCUT2D eigenvalue weighted by Crippen LogP contribution is 2.40. The summed E-state index contributed by atoms with van der Waals surface area (Å²) in [6.07, 6.45) is 0.711. The summed E-state index contributed by atoms with van der Waals surface area (Å²) in [4.78, 5) is 42.3. The molecule has 7 nitrogen and oxygen atoms in total. The number of amides is 3. The highest BCUT2D eigenvalue weighted by Gasteiger charge is 2.59. The highest BCUT2D eigenvalue weighted by molar-refractivity contribution is 9.10. The molecule has 0 saturated carbocycles. The summed E-state index contributed by atoms with van der Waals surface area (Å²) in [5, 5.41) is 0.396. The van der Waals surface area contributed by atoms with E-state index in [4.69, 9.17) is 21.1 Å². The van der Waals surface area contributed by atoms with Crippen LogP contribution in [0.1, 0.15) is 25.8 Å². The minimum Gasteiger partial charge on any atom is -0.496 e. The molecule has 33 heavy (non-hydrogen) atoms. The molecule has 1 aliphatic heterocycles. The first-order chi connectivity index (χ1) is 15.6. The number of imide groups is 1. The van der Waals surface area contributed by atoms with Gasteiger partial charge in [0.25, 0.3) is 5.91 Å². The second-order valence-electron chi connectivity index (χ2n) is 7.91. The molecular formula is C24H26BrClN2O5. The molecule has 0 radical (unpaired) electrons. The second kappa shape index (κ2) is 10.1. The third-order valence-electron chi connectivity index (χ3n) is 6.07. The van der Waals surface area contributed by atoms with Crippen LogP contribution in [0.15, 0.2) is 46.9 Å². The van der Waals surface area contributed by atoms with Gasteiger partial charge in [0.2, 0.25) is 0 Å². The van der Waals surface area contributed by atoms with Crippen LogP contribution in [0, 0.1) is 5.92 Å². The van der Waals surface area contributed by atoms with Crippen molar-refractivity contribution in [3.63, 3.8) is 0 Å². The van der Waals surface area contributed by atoms with Crippen LogP contribution in [-0.4, -0.2) is 49.1 Å². The zero-order chi connectivity index (χ0) is 24.3. The van der Waals surface area contributed by atoms with Gasteiger partial charge in [-0.25, -0.2) is 9.69 Å². The highest BCUT2D eigenvalue weighted by atomic mass is 79.9. The number of hydrogen-bond donors (Lipinski definition) is 0. The minimum absolute atomic E-state index is 0.162. The molecule has 0 aromatic heterocycles. The molecule has 0 bridgehead atoms. The van der Waals surface area contributed by atoms with Crippen molar-refractivity contribution in [1.82, 2.24) is 4.90 Å². The third-order valence-corrected chi connectivity index (χ3v) is 6.80. The van der Waals surface area contributed by atoms with Crippen molar-refractivity contribution in [2.75, 3.05) is 25.7 Å². The van der Waals surface area contributed by atoms with Gasteiger partial charge in [-0.3, -0.25) is 9.59 Å². The van der Waals surface area contributed by atoms with Gasteiger partial charge in [-0.15, -0.1) is 0 Å². The first kappa shape index (κ1) is 25.1. The van der Waals surface area contributed by atoms with Gasteiger partial charge in [-0.05, 0) is 68.7 Å². The fourth-order valence-corrected chi connectivity index (χ4v) is 4.74. The number of esters is 1. The van der Waals surface area contributed by atoms with Gasteiger partial charge >= 0.3 is 12.0 Å². The summed E-state index contributed by atoms with van der Waals surface area (Å²) in [6, 6.07) is 11.6. The lowest BCUT2D eigenvalue weighted by molar-refractivity contribution is -0.155. The summed E-state index contributed by atoms with van der Waals surface area (Å²) in [7, 11) is 3.10. The number of urea groups is 1. The quantitative estimate of drug-likeness (QED) is 0.347. The Morgan fingerprint density at radius 1 is 1.21 bits per heavy atom. The van der Waals surface area contributed by atoms with Gasteiger partial charge in [-0.1, -0.05) is 33.6 Å². The SMILES string of the molecule is CCOC(=O)C(CCc1cc(Br)ccc1OC)[C@@]1(C)C(=O)N(c2cccc(Cl)c2)C(=O)N1C. The van der Waals surface area contributed by atoms with Crippen molar-refractivity contribution in [2.24, 2.45) is 5.92 Å². The van der Waals surface area contributed by atoms with Crippen LogP contribution >= 0.6 is 27.5 Å². The van der Waals surface area contributed by atoms with Crippen molar-refractivity contribution < 1.29 is 23.9 Å². The number of nitrogens with zero attached hydrogens (tertiary/aromatic N) is 2. The molecule has 9 heteroatoms. The Bertz CT molecular complexity index is 1080. The van der Waals surface area contributed by atoms with Gasteiger partial charge in [-0.2, -0.15) is 0 Å². The number of methoxy groups -OCH3 is 1. The van der Waals surface area contributed by atoms with Crippen molar-refractivity contribution in [3.8, 4) is 5.75 Å². The first-order valence-electron chi connectivity index (χ1n) is 10.5. The van der Waals surface area contributed by atoms with E-state index in [-0.39, 0.29) is 13.0 Å². The van der Waals surface area contributed by atoms with Gasteiger partial charge in [0, 0.05) is 16.5 Å². The monoisotopic (exact) mass is 536 g/mol. The van der Waals surface area contributed by atoms with Gasteiger partial charge in [0.05, 0.1) is 25.3 Å². The third kappa shape index (κ3) is 4.73. The molecule has 1 saturated heterocycles. The van der Waals surface area contributed by atoms with Crippen LogP contribution < -0.4 is 9.64 Å². The number of hydrogen-bond acceptors (Lipinski definition) is 5. The largest absolute Gasteiger partial charge is 0.496 e. The minimum atomic E-state index is -1.44. The van der Waals surface area contributed by atoms with E-state index in [1.807, 2.05) is 18.2 Å². The predicted octanol–water partition coefficient (Wildman–Crippen LogP) is 5.08. The fourth-order valence-electron chi connectivity index (χ4n) is 4.14. The smallest absolute Gasteiger partial charge is 0.332 e. The molecular weight excluding hydrogens is 512 g/mol. The van der Waals surface area contributed by atoms with Crippen molar-refractivity contribution >= 4 is 51.1 Å². The van der Waals surface area contributed by atoms with E-state index in [1.165, 1.54) is 11.9 Å². The molecule has 1 heterocycles. The fraction of sp³-hybridized carbons (Fsp3) is 0.375. The molecule has 2 atom stereocenters. The number of aryl methyl sites for hydroxylation is 1. The van der Waals surface area contributed by atoms with Gasteiger partial charge in [0.1, 0.15) is 11.3 Å². The zero-order valence-corrected chi connectivity index (χ0v) is 21.3. The van der Waals surface area contributed by atoms with Crippen LogP contribution in [0.3, 0.4) is 0 Å². The molecule has 0 aliphatic carbocycles.